The minimum absolute atomic E-state index is 0.0295. The summed E-state index contributed by atoms with van der Waals surface area (Å²) >= 11 is 0. The van der Waals surface area contributed by atoms with E-state index in [1.165, 1.54) is 0 Å². The van der Waals surface area contributed by atoms with Crippen molar-refractivity contribution in [3.05, 3.63) is 0 Å². The maximum Gasteiger partial charge on any atom is 0.282 e. The van der Waals surface area contributed by atoms with Gasteiger partial charge in [0.2, 0.25) is 0 Å². The average Bonchev–Trinajstić information content (AvgIpc) is 2.39. The van der Waals surface area contributed by atoms with Crippen LogP contribution in [0.25, 0.3) is 0 Å². The smallest absolute Gasteiger partial charge is 0.282 e. The predicted octanol–water partition coefficient (Wildman–Crippen LogP) is 1.02. The van der Waals surface area contributed by atoms with Gasteiger partial charge in [-0.1, -0.05) is 13.8 Å². The summed E-state index contributed by atoms with van der Waals surface area (Å²) in [5.41, 5.74) is 5.81. The van der Waals surface area contributed by atoms with Crippen molar-refractivity contribution < 1.29 is 8.42 Å². The molecule has 2 atom stereocenters. The second-order valence-electron chi connectivity index (χ2n) is 6.12. The van der Waals surface area contributed by atoms with Crippen molar-refractivity contribution in [2.75, 3.05) is 26.2 Å². The molecule has 0 aromatic rings. The molecule has 19 heavy (non-hydrogen) atoms. The molecule has 6 heteroatoms. The molecule has 2 N–H and O–H groups in total. The maximum atomic E-state index is 12.8. The van der Waals surface area contributed by atoms with Crippen LogP contribution in [0.5, 0.6) is 0 Å². The first-order valence-corrected chi connectivity index (χ1v) is 8.83. The number of hydrogen-bond donors (Lipinski definition) is 1. The van der Waals surface area contributed by atoms with Crippen LogP contribution in [0, 0.1) is 11.8 Å². The first kappa shape index (κ1) is 15.2. The fraction of sp³-hybridized carbons (Fsp3) is 1.00. The Morgan fingerprint density at radius 3 is 2.32 bits per heavy atom. The van der Waals surface area contributed by atoms with Gasteiger partial charge >= 0.3 is 0 Å². The van der Waals surface area contributed by atoms with Crippen LogP contribution in [0.15, 0.2) is 0 Å². The monoisotopic (exact) mass is 289 g/mol. The van der Waals surface area contributed by atoms with Crippen molar-refractivity contribution >= 4 is 10.2 Å². The minimum Gasteiger partial charge on any atom is -0.329 e. The summed E-state index contributed by atoms with van der Waals surface area (Å²) in [5.74, 6) is 0.995. The topological polar surface area (TPSA) is 66.6 Å². The van der Waals surface area contributed by atoms with Crippen molar-refractivity contribution in [3.8, 4) is 0 Å². The Hall–Kier alpha value is -0.170. The molecule has 5 nitrogen and oxygen atoms in total. The molecule has 0 bridgehead atoms. The van der Waals surface area contributed by atoms with Gasteiger partial charge < -0.3 is 5.73 Å². The number of nitrogens with two attached hydrogens (primary N) is 1. The molecule has 2 fully saturated rings. The molecule has 2 unspecified atom stereocenters. The highest BCUT2D eigenvalue weighted by Crippen LogP contribution is 2.28. The van der Waals surface area contributed by atoms with Crippen LogP contribution < -0.4 is 5.73 Å². The highest BCUT2D eigenvalue weighted by atomic mass is 32.2. The lowest BCUT2D eigenvalue weighted by Gasteiger charge is -2.42. The standard InChI is InChI=1S/C13H27N3O2S/c1-11-5-8-15(9-6-11)19(17,18)16-7-3-4-12(2)13(16)10-14/h11-13H,3-10,14H2,1-2H3. The summed E-state index contributed by atoms with van der Waals surface area (Å²) in [6.07, 6.45) is 3.96. The van der Waals surface area contributed by atoms with Gasteiger partial charge in [-0.05, 0) is 37.5 Å². The van der Waals surface area contributed by atoms with Crippen LogP contribution in [-0.2, 0) is 10.2 Å². The van der Waals surface area contributed by atoms with Crippen LogP contribution >= 0.6 is 0 Å². The Balaban J connectivity index is 2.13. The molecule has 2 saturated heterocycles. The molecule has 0 aromatic heterocycles. The lowest BCUT2D eigenvalue weighted by atomic mass is 9.93. The van der Waals surface area contributed by atoms with E-state index in [0.29, 0.717) is 38.0 Å². The van der Waals surface area contributed by atoms with E-state index in [4.69, 9.17) is 5.73 Å². The van der Waals surface area contributed by atoms with Crippen LogP contribution in [0.2, 0.25) is 0 Å². The maximum absolute atomic E-state index is 12.8. The van der Waals surface area contributed by atoms with Gasteiger partial charge in [0.1, 0.15) is 0 Å². The minimum atomic E-state index is -3.32. The summed E-state index contributed by atoms with van der Waals surface area (Å²) in [7, 11) is -3.32. The predicted molar refractivity (Wildman–Crippen MR) is 76.8 cm³/mol. The lowest BCUT2D eigenvalue weighted by molar-refractivity contribution is 0.172. The van der Waals surface area contributed by atoms with E-state index >= 15 is 0 Å². The van der Waals surface area contributed by atoms with Crippen molar-refractivity contribution in [1.29, 1.82) is 0 Å². The summed E-state index contributed by atoms with van der Waals surface area (Å²) in [5, 5.41) is 0. The highest BCUT2D eigenvalue weighted by Gasteiger charge is 2.39. The Bertz CT molecular complexity index is 391. The second-order valence-corrected chi connectivity index (χ2v) is 8.00. The first-order chi connectivity index (χ1) is 8.96. The largest absolute Gasteiger partial charge is 0.329 e. The van der Waals surface area contributed by atoms with Crippen molar-refractivity contribution in [3.63, 3.8) is 0 Å². The van der Waals surface area contributed by atoms with Gasteiger partial charge in [-0.25, -0.2) is 0 Å². The molecule has 0 aromatic carbocycles. The summed E-state index contributed by atoms with van der Waals surface area (Å²) < 4.78 is 28.8. The number of rotatable bonds is 3. The SMILES string of the molecule is CC1CCN(S(=O)(=O)N2CCCC(C)C2CN)CC1. The third-order valence-corrected chi connectivity index (χ3v) is 6.74. The fourth-order valence-corrected chi connectivity index (χ4v) is 5.18. The molecular formula is C13H27N3O2S. The summed E-state index contributed by atoms with van der Waals surface area (Å²) in [6, 6.07) is -0.0295. The van der Waals surface area contributed by atoms with Crippen LogP contribution in [0.3, 0.4) is 0 Å². The Kier molecular flexibility index (Phi) is 4.87. The molecule has 0 saturated carbocycles. The Labute approximate surface area is 117 Å². The van der Waals surface area contributed by atoms with Crippen LogP contribution in [-0.4, -0.2) is 49.2 Å². The zero-order valence-corrected chi connectivity index (χ0v) is 12.9. The summed E-state index contributed by atoms with van der Waals surface area (Å²) in [4.78, 5) is 0. The molecule has 2 aliphatic rings. The molecule has 112 valence electrons. The fourth-order valence-electron chi connectivity index (χ4n) is 3.21. The van der Waals surface area contributed by atoms with E-state index in [2.05, 4.69) is 13.8 Å². The zero-order valence-electron chi connectivity index (χ0n) is 12.1. The molecule has 0 aliphatic carbocycles. The third kappa shape index (κ3) is 3.12. The number of nitrogens with zero attached hydrogens (tertiary/aromatic N) is 2. The summed E-state index contributed by atoms with van der Waals surface area (Å²) in [6.45, 7) is 6.66. The van der Waals surface area contributed by atoms with E-state index in [1.807, 2.05) is 0 Å². The second kappa shape index (κ2) is 6.08. The van der Waals surface area contributed by atoms with Gasteiger partial charge in [0.15, 0.2) is 0 Å². The Morgan fingerprint density at radius 2 is 1.74 bits per heavy atom. The Morgan fingerprint density at radius 1 is 1.11 bits per heavy atom. The number of hydrogen-bond acceptors (Lipinski definition) is 3. The van der Waals surface area contributed by atoms with Crippen molar-refractivity contribution in [1.82, 2.24) is 8.61 Å². The molecule has 0 spiro atoms. The lowest BCUT2D eigenvalue weighted by Crippen LogP contribution is -2.56. The molecular weight excluding hydrogens is 262 g/mol. The first-order valence-electron chi connectivity index (χ1n) is 7.43. The van der Waals surface area contributed by atoms with Crippen LogP contribution in [0.4, 0.5) is 0 Å². The normalized spacial score (nSPS) is 32.6. The number of piperidine rings is 2. The van der Waals surface area contributed by atoms with Gasteiger partial charge in [0.25, 0.3) is 10.2 Å². The van der Waals surface area contributed by atoms with E-state index in [9.17, 15) is 8.42 Å². The molecule has 2 aliphatic heterocycles. The highest BCUT2D eigenvalue weighted by molar-refractivity contribution is 7.86. The molecule has 0 amide bonds. The van der Waals surface area contributed by atoms with Gasteiger partial charge in [0.05, 0.1) is 0 Å². The molecule has 2 heterocycles. The van der Waals surface area contributed by atoms with Gasteiger partial charge in [-0.15, -0.1) is 0 Å². The van der Waals surface area contributed by atoms with Gasteiger partial charge in [-0.2, -0.15) is 17.0 Å². The zero-order chi connectivity index (χ0) is 14.0. The third-order valence-electron chi connectivity index (χ3n) is 4.67. The van der Waals surface area contributed by atoms with E-state index in [-0.39, 0.29) is 6.04 Å². The van der Waals surface area contributed by atoms with E-state index in [0.717, 1.165) is 25.7 Å². The van der Waals surface area contributed by atoms with Gasteiger partial charge in [-0.3, -0.25) is 0 Å². The molecule has 0 radical (unpaired) electrons. The van der Waals surface area contributed by atoms with Gasteiger partial charge in [0, 0.05) is 32.2 Å². The van der Waals surface area contributed by atoms with E-state index < -0.39 is 10.2 Å². The van der Waals surface area contributed by atoms with Crippen LogP contribution in [0.1, 0.15) is 39.5 Å². The van der Waals surface area contributed by atoms with Crippen molar-refractivity contribution in [2.45, 2.75) is 45.6 Å². The van der Waals surface area contributed by atoms with E-state index in [1.54, 1.807) is 8.61 Å². The van der Waals surface area contributed by atoms with Crippen molar-refractivity contribution in [2.24, 2.45) is 17.6 Å². The quantitative estimate of drug-likeness (QED) is 0.843. The average molecular weight is 289 g/mol. The molecule has 2 rings (SSSR count).